The Balaban J connectivity index is 1.26. The highest BCUT2D eigenvalue weighted by atomic mass is 16.5. The van der Waals surface area contributed by atoms with Crippen LogP contribution in [0.5, 0.6) is 0 Å². The van der Waals surface area contributed by atoms with Crippen LogP contribution in [0.3, 0.4) is 0 Å². The molecule has 4 heterocycles. The summed E-state index contributed by atoms with van der Waals surface area (Å²) in [6.07, 6.45) is 10.5. The van der Waals surface area contributed by atoms with Crippen molar-refractivity contribution in [2.75, 3.05) is 39.4 Å². The second kappa shape index (κ2) is 8.53. The molecule has 6 heteroatoms. The Labute approximate surface area is 156 Å². The second-order valence-electron chi connectivity index (χ2n) is 8.17. The highest BCUT2D eigenvalue weighted by Gasteiger charge is 2.34. The van der Waals surface area contributed by atoms with Crippen molar-refractivity contribution in [2.45, 2.75) is 51.1 Å². The van der Waals surface area contributed by atoms with Crippen LogP contribution in [0, 0.1) is 11.8 Å². The molecule has 0 bridgehead atoms. The summed E-state index contributed by atoms with van der Waals surface area (Å²) in [5, 5.41) is 4.31. The van der Waals surface area contributed by atoms with E-state index >= 15 is 0 Å². The van der Waals surface area contributed by atoms with E-state index in [2.05, 4.69) is 14.9 Å². The van der Waals surface area contributed by atoms with E-state index in [1.54, 1.807) is 0 Å². The summed E-state index contributed by atoms with van der Waals surface area (Å²) >= 11 is 0. The summed E-state index contributed by atoms with van der Waals surface area (Å²) in [4.78, 5) is 17.8. The molecule has 144 valence electrons. The molecule has 26 heavy (non-hydrogen) atoms. The molecule has 0 aliphatic carbocycles. The van der Waals surface area contributed by atoms with Gasteiger partial charge in [0.25, 0.3) is 0 Å². The Bertz CT molecular complexity index is 562. The lowest BCUT2D eigenvalue weighted by Crippen LogP contribution is -2.50. The number of nitrogens with zero attached hydrogens (tertiary/aromatic N) is 4. The molecule has 6 nitrogen and oxygen atoms in total. The first-order chi connectivity index (χ1) is 12.8. The zero-order chi connectivity index (χ0) is 17.8. The van der Waals surface area contributed by atoms with Gasteiger partial charge in [0.2, 0.25) is 5.91 Å². The van der Waals surface area contributed by atoms with Gasteiger partial charge >= 0.3 is 0 Å². The number of rotatable bonds is 4. The standard InChI is InChI=1S/C20H32N4O2/c25-20(18-3-1-9-23(16-18)19-6-13-26-14-7-19)22-11-4-17(5-12-22)15-24-10-2-8-21-24/h2,8,10,17-19H,1,3-7,9,11-16H2/t18-/m1/s1. The van der Waals surface area contributed by atoms with E-state index in [4.69, 9.17) is 4.74 Å². The van der Waals surface area contributed by atoms with Crippen LogP contribution >= 0.6 is 0 Å². The number of carbonyl (C=O) groups excluding carboxylic acids is 1. The first-order valence-electron chi connectivity index (χ1n) is 10.4. The summed E-state index contributed by atoms with van der Waals surface area (Å²) in [7, 11) is 0. The lowest BCUT2D eigenvalue weighted by molar-refractivity contribution is -0.139. The molecule has 1 atom stereocenters. The molecular weight excluding hydrogens is 328 g/mol. The zero-order valence-corrected chi connectivity index (χ0v) is 15.8. The lowest BCUT2D eigenvalue weighted by Gasteiger charge is -2.41. The highest BCUT2D eigenvalue weighted by Crippen LogP contribution is 2.26. The molecule has 0 N–H and O–H groups in total. The van der Waals surface area contributed by atoms with Crippen molar-refractivity contribution in [3.05, 3.63) is 18.5 Å². The molecule has 3 aliphatic rings. The van der Waals surface area contributed by atoms with Gasteiger partial charge in [-0.2, -0.15) is 5.10 Å². The van der Waals surface area contributed by atoms with Gasteiger partial charge in [0.15, 0.2) is 0 Å². The third-order valence-electron chi connectivity index (χ3n) is 6.44. The summed E-state index contributed by atoms with van der Waals surface area (Å²) in [5.74, 6) is 1.25. The topological polar surface area (TPSA) is 50.6 Å². The smallest absolute Gasteiger partial charge is 0.226 e. The molecule has 1 amide bonds. The quantitative estimate of drug-likeness (QED) is 0.824. The fourth-order valence-corrected chi connectivity index (χ4v) is 4.86. The van der Waals surface area contributed by atoms with Gasteiger partial charge < -0.3 is 9.64 Å². The van der Waals surface area contributed by atoms with Gasteiger partial charge in [-0.3, -0.25) is 14.4 Å². The molecule has 0 aromatic carbocycles. The molecule has 1 aromatic heterocycles. The lowest BCUT2D eigenvalue weighted by atomic mass is 9.91. The van der Waals surface area contributed by atoms with Crippen molar-refractivity contribution in [3.63, 3.8) is 0 Å². The van der Waals surface area contributed by atoms with Crippen LogP contribution in [0.1, 0.15) is 38.5 Å². The van der Waals surface area contributed by atoms with Gasteiger partial charge in [-0.05, 0) is 57.1 Å². The second-order valence-corrected chi connectivity index (χ2v) is 8.17. The minimum atomic E-state index is 0.203. The van der Waals surface area contributed by atoms with Crippen molar-refractivity contribution >= 4 is 5.91 Å². The maximum absolute atomic E-state index is 13.1. The number of carbonyl (C=O) groups is 1. The van der Waals surface area contributed by atoms with E-state index in [0.29, 0.717) is 17.9 Å². The maximum Gasteiger partial charge on any atom is 0.226 e. The number of piperidine rings is 2. The predicted octanol–water partition coefficient (Wildman–Crippen LogP) is 2.01. The van der Waals surface area contributed by atoms with Crippen LogP contribution in [0.15, 0.2) is 18.5 Å². The maximum atomic E-state index is 13.1. The summed E-state index contributed by atoms with van der Waals surface area (Å²) in [5.41, 5.74) is 0. The molecule has 0 radical (unpaired) electrons. The largest absolute Gasteiger partial charge is 0.381 e. The average Bonchev–Trinajstić information content (AvgIpc) is 3.22. The van der Waals surface area contributed by atoms with Crippen LogP contribution in [0.25, 0.3) is 0 Å². The van der Waals surface area contributed by atoms with Crippen molar-refractivity contribution in [3.8, 4) is 0 Å². The minimum Gasteiger partial charge on any atom is -0.381 e. The number of likely N-dealkylation sites (tertiary alicyclic amines) is 2. The normalized spacial score (nSPS) is 26.9. The van der Waals surface area contributed by atoms with Gasteiger partial charge in [0.05, 0.1) is 5.92 Å². The molecule has 0 saturated carbocycles. The Morgan fingerprint density at radius 3 is 2.62 bits per heavy atom. The number of hydrogen-bond acceptors (Lipinski definition) is 4. The number of ether oxygens (including phenoxy) is 1. The molecule has 1 aromatic rings. The summed E-state index contributed by atoms with van der Waals surface area (Å²) in [6.45, 7) is 6.68. The van der Waals surface area contributed by atoms with E-state index in [-0.39, 0.29) is 5.92 Å². The van der Waals surface area contributed by atoms with E-state index in [1.165, 1.54) is 0 Å². The Hall–Kier alpha value is -1.40. The summed E-state index contributed by atoms with van der Waals surface area (Å²) in [6, 6.07) is 2.60. The van der Waals surface area contributed by atoms with Crippen molar-refractivity contribution in [1.29, 1.82) is 0 Å². The van der Waals surface area contributed by atoms with Gasteiger partial charge in [0.1, 0.15) is 0 Å². The fraction of sp³-hybridized carbons (Fsp3) is 0.800. The number of amides is 1. The third kappa shape index (κ3) is 4.29. The molecule has 3 fully saturated rings. The van der Waals surface area contributed by atoms with Crippen LogP contribution in [0.2, 0.25) is 0 Å². The monoisotopic (exact) mass is 360 g/mol. The molecular formula is C20H32N4O2. The van der Waals surface area contributed by atoms with Crippen molar-refractivity contribution < 1.29 is 9.53 Å². The summed E-state index contributed by atoms with van der Waals surface area (Å²) < 4.78 is 7.52. The Morgan fingerprint density at radius 1 is 1.08 bits per heavy atom. The first-order valence-corrected chi connectivity index (χ1v) is 10.4. The number of hydrogen-bond donors (Lipinski definition) is 0. The van der Waals surface area contributed by atoms with Crippen molar-refractivity contribution in [2.24, 2.45) is 11.8 Å². The van der Waals surface area contributed by atoms with Crippen LogP contribution in [-0.2, 0) is 16.1 Å². The molecule has 3 aliphatic heterocycles. The highest BCUT2D eigenvalue weighted by molar-refractivity contribution is 5.79. The molecule has 4 rings (SSSR count). The van der Waals surface area contributed by atoms with Crippen LogP contribution in [0.4, 0.5) is 0 Å². The van der Waals surface area contributed by atoms with Gasteiger partial charge in [-0.1, -0.05) is 0 Å². The van der Waals surface area contributed by atoms with E-state index in [1.807, 2.05) is 23.1 Å². The van der Waals surface area contributed by atoms with Gasteiger partial charge in [0, 0.05) is 57.8 Å². The zero-order valence-electron chi connectivity index (χ0n) is 15.8. The molecule has 0 spiro atoms. The van der Waals surface area contributed by atoms with E-state index in [9.17, 15) is 4.79 Å². The Morgan fingerprint density at radius 2 is 1.88 bits per heavy atom. The number of aromatic nitrogens is 2. The minimum absolute atomic E-state index is 0.203. The van der Waals surface area contributed by atoms with Gasteiger partial charge in [-0.15, -0.1) is 0 Å². The van der Waals surface area contributed by atoms with Crippen molar-refractivity contribution in [1.82, 2.24) is 19.6 Å². The third-order valence-corrected chi connectivity index (χ3v) is 6.44. The average molecular weight is 361 g/mol. The molecule has 0 unspecified atom stereocenters. The van der Waals surface area contributed by atoms with Gasteiger partial charge in [-0.25, -0.2) is 0 Å². The fourth-order valence-electron chi connectivity index (χ4n) is 4.86. The first kappa shape index (κ1) is 18.0. The van der Waals surface area contributed by atoms with Crippen LogP contribution in [-0.4, -0.2) is 70.9 Å². The van der Waals surface area contributed by atoms with E-state index < -0.39 is 0 Å². The SMILES string of the molecule is O=C([C@@H]1CCCN(C2CCOCC2)C1)N1CCC(Cn2cccn2)CC1. The predicted molar refractivity (Wildman–Crippen MR) is 99.7 cm³/mol. The van der Waals surface area contributed by atoms with E-state index in [0.717, 1.165) is 84.5 Å². The Kier molecular flexibility index (Phi) is 5.90. The van der Waals surface area contributed by atoms with Crippen LogP contribution < -0.4 is 0 Å². The molecule has 3 saturated heterocycles.